The molecule has 192 valence electrons. The number of nitrogens with zero attached hydrogens (tertiary/aromatic N) is 2. The van der Waals surface area contributed by atoms with Crippen LogP contribution in [0, 0.1) is 0 Å². The highest BCUT2D eigenvalue weighted by molar-refractivity contribution is 7.89. The summed E-state index contributed by atoms with van der Waals surface area (Å²) >= 11 is 0. The molecule has 1 aliphatic carbocycles. The molecule has 0 saturated carbocycles. The zero-order chi connectivity index (χ0) is 25.3. The van der Waals surface area contributed by atoms with Gasteiger partial charge in [0.2, 0.25) is 15.9 Å². The number of carbonyl (C=O) groups excluding carboxylic acids is 2. The van der Waals surface area contributed by atoms with E-state index in [1.54, 1.807) is 11.8 Å². The van der Waals surface area contributed by atoms with Gasteiger partial charge in [0.1, 0.15) is 6.04 Å². The van der Waals surface area contributed by atoms with Crippen LogP contribution in [-0.2, 0) is 27.7 Å². The molecule has 2 aromatic carbocycles. The van der Waals surface area contributed by atoms with E-state index < -0.39 is 16.1 Å². The number of anilines is 1. The van der Waals surface area contributed by atoms with Gasteiger partial charge in [-0.2, -0.15) is 0 Å². The Balaban J connectivity index is 1.50. The van der Waals surface area contributed by atoms with Crippen LogP contribution < -0.4 is 9.62 Å². The summed E-state index contributed by atoms with van der Waals surface area (Å²) in [6.07, 6.45) is 5.81. The molecule has 2 fully saturated rings. The van der Waals surface area contributed by atoms with Gasteiger partial charge in [-0.3, -0.25) is 14.5 Å². The summed E-state index contributed by atoms with van der Waals surface area (Å²) in [5.41, 5.74) is 4.69. The summed E-state index contributed by atoms with van der Waals surface area (Å²) in [4.78, 5) is 30.1. The molecule has 2 aliphatic heterocycles. The van der Waals surface area contributed by atoms with Gasteiger partial charge in [-0.15, -0.1) is 0 Å². The number of fused-ring (bicyclic) bond motifs is 1. The lowest BCUT2D eigenvalue weighted by Crippen LogP contribution is -2.50. The van der Waals surface area contributed by atoms with Gasteiger partial charge in [0, 0.05) is 24.1 Å². The highest BCUT2D eigenvalue weighted by Gasteiger charge is 2.40. The molecule has 3 atom stereocenters. The second-order valence-corrected chi connectivity index (χ2v) is 12.1. The number of hydrogen-bond acceptors (Lipinski definition) is 5. The van der Waals surface area contributed by atoms with Crippen LogP contribution in [0.5, 0.6) is 0 Å². The van der Waals surface area contributed by atoms with E-state index in [9.17, 15) is 18.0 Å². The molecule has 2 aromatic rings. The molecule has 0 bridgehead atoms. The molecule has 8 heteroatoms. The molecule has 1 N–H and O–H groups in total. The van der Waals surface area contributed by atoms with Crippen molar-refractivity contribution in [3.05, 3.63) is 64.7 Å². The number of amides is 1. The lowest BCUT2D eigenvalue weighted by molar-refractivity contribution is -0.118. The van der Waals surface area contributed by atoms with E-state index in [1.807, 2.05) is 12.1 Å². The number of rotatable bonds is 9. The Bertz CT molecular complexity index is 1230. The minimum absolute atomic E-state index is 0.00569. The van der Waals surface area contributed by atoms with Crippen molar-refractivity contribution in [1.29, 1.82) is 0 Å². The van der Waals surface area contributed by atoms with Crippen molar-refractivity contribution in [1.82, 2.24) is 9.62 Å². The Morgan fingerprint density at radius 3 is 2.50 bits per heavy atom. The smallest absolute Gasteiger partial charge is 0.245 e. The zero-order valence-corrected chi connectivity index (χ0v) is 21.7. The van der Waals surface area contributed by atoms with Gasteiger partial charge in [-0.1, -0.05) is 43.3 Å². The van der Waals surface area contributed by atoms with Crippen LogP contribution in [0.4, 0.5) is 5.69 Å². The zero-order valence-electron chi connectivity index (χ0n) is 20.9. The Kier molecular flexibility index (Phi) is 7.28. The fraction of sp³-hybridized carbons (Fsp3) is 0.500. The maximum Gasteiger partial charge on any atom is 0.245 e. The molecule has 0 radical (unpaired) electrons. The number of hydrogen-bond donors (Lipinski definition) is 1. The Morgan fingerprint density at radius 1 is 1.06 bits per heavy atom. The van der Waals surface area contributed by atoms with Crippen molar-refractivity contribution in [3.63, 3.8) is 0 Å². The van der Waals surface area contributed by atoms with Crippen molar-refractivity contribution in [2.75, 3.05) is 30.3 Å². The average molecular weight is 510 g/mol. The first-order chi connectivity index (χ1) is 17.4. The molecule has 2 saturated heterocycles. The van der Waals surface area contributed by atoms with Crippen molar-refractivity contribution in [2.24, 2.45) is 0 Å². The minimum Gasteiger partial charge on any atom is -0.310 e. The van der Waals surface area contributed by atoms with Gasteiger partial charge in [0.05, 0.1) is 11.4 Å². The molecule has 0 aromatic heterocycles. The lowest BCUT2D eigenvalue weighted by Gasteiger charge is -2.46. The van der Waals surface area contributed by atoms with Crippen LogP contribution in [0.2, 0.25) is 0 Å². The van der Waals surface area contributed by atoms with Crippen molar-refractivity contribution < 1.29 is 18.0 Å². The van der Waals surface area contributed by atoms with Crippen LogP contribution in [0.3, 0.4) is 0 Å². The van der Waals surface area contributed by atoms with Crippen molar-refractivity contribution >= 4 is 27.9 Å². The van der Waals surface area contributed by atoms with Crippen LogP contribution >= 0.6 is 0 Å². The van der Waals surface area contributed by atoms with E-state index in [4.69, 9.17) is 0 Å². The maximum absolute atomic E-state index is 13.3. The standard InChI is InChI=1S/C28H35N3O4S/c1-2-17-36(34,35)29-24-13-16-31(28(24)33)26-12-10-21-9-11-25(30-14-6-15-30)22(27(21)23(26)19-32)18-20-7-4-3-5-8-20/h3-5,7-8,10,12,19,22,24-25,29H,2,6,9,11,13-18H2,1H3/t22-,24-,25-/m0/s1. The number of likely N-dealkylation sites (tertiary alicyclic amines) is 1. The van der Waals surface area contributed by atoms with Gasteiger partial charge in [0.15, 0.2) is 6.29 Å². The number of aldehydes is 1. The van der Waals surface area contributed by atoms with Crippen molar-refractivity contribution in [2.45, 2.75) is 63.5 Å². The van der Waals surface area contributed by atoms with Gasteiger partial charge >= 0.3 is 0 Å². The third-order valence-electron chi connectivity index (χ3n) is 7.97. The van der Waals surface area contributed by atoms with Gasteiger partial charge in [0.25, 0.3) is 0 Å². The summed E-state index contributed by atoms with van der Waals surface area (Å²) in [6, 6.07) is 13.9. The summed E-state index contributed by atoms with van der Waals surface area (Å²) < 4.78 is 27.2. The molecule has 3 aliphatic rings. The highest BCUT2D eigenvalue weighted by Crippen LogP contribution is 2.43. The van der Waals surface area contributed by atoms with Crippen molar-refractivity contribution in [3.8, 4) is 0 Å². The number of carbonyl (C=O) groups is 2. The van der Waals surface area contributed by atoms with Crippen LogP contribution in [0.25, 0.3) is 0 Å². The van der Waals surface area contributed by atoms with Crippen LogP contribution in [-0.4, -0.2) is 63.0 Å². The molecule has 5 rings (SSSR count). The van der Waals surface area contributed by atoms with E-state index in [2.05, 4.69) is 40.0 Å². The van der Waals surface area contributed by atoms with Gasteiger partial charge in [-0.25, -0.2) is 13.1 Å². The second-order valence-electron chi connectivity index (χ2n) is 10.2. The molecular formula is C28H35N3O4S. The summed E-state index contributed by atoms with van der Waals surface area (Å²) in [6.45, 7) is 4.36. The van der Waals surface area contributed by atoms with Gasteiger partial charge < -0.3 is 4.90 Å². The second kappa shape index (κ2) is 10.4. The quantitative estimate of drug-likeness (QED) is 0.525. The van der Waals surface area contributed by atoms with Gasteiger partial charge in [-0.05, 0) is 74.4 Å². The van der Waals surface area contributed by atoms with Crippen LogP contribution in [0.1, 0.15) is 65.6 Å². The molecule has 7 nitrogen and oxygen atoms in total. The summed E-state index contributed by atoms with van der Waals surface area (Å²) in [5.74, 6) is -0.130. The first kappa shape index (κ1) is 25.1. The lowest BCUT2D eigenvalue weighted by atomic mass is 9.73. The molecule has 0 unspecified atom stereocenters. The number of aryl methyl sites for hydroxylation is 1. The number of benzene rings is 2. The number of nitrogens with one attached hydrogen (secondary N) is 1. The molecular weight excluding hydrogens is 474 g/mol. The highest BCUT2D eigenvalue weighted by atomic mass is 32.2. The molecule has 0 spiro atoms. The van der Waals surface area contributed by atoms with Crippen LogP contribution in [0.15, 0.2) is 42.5 Å². The molecule has 36 heavy (non-hydrogen) atoms. The predicted molar refractivity (Wildman–Crippen MR) is 141 cm³/mol. The monoisotopic (exact) mass is 509 g/mol. The first-order valence-electron chi connectivity index (χ1n) is 13.1. The average Bonchev–Trinajstić information content (AvgIpc) is 3.18. The first-order valence-corrected chi connectivity index (χ1v) is 14.8. The topological polar surface area (TPSA) is 86.8 Å². The molecule has 2 heterocycles. The molecule has 1 amide bonds. The van der Waals surface area contributed by atoms with E-state index >= 15 is 0 Å². The SMILES string of the molecule is CCCS(=O)(=O)N[C@H]1CCN(c2ccc3c(c2C=O)[C@@H](Cc2ccccc2)[C@@H](N2CCC2)CC3)C1=O. The predicted octanol–water partition coefficient (Wildman–Crippen LogP) is 3.28. The third-order valence-corrected chi connectivity index (χ3v) is 9.56. The largest absolute Gasteiger partial charge is 0.310 e. The minimum atomic E-state index is -3.51. The summed E-state index contributed by atoms with van der Waals surface area (Å²) in [5, 5.41) is 0. The fourth-order valence-corrected chi connectivity index (χ4v) is 7.48. The Morgan fingerprint density at radius 2 is 1.83 bits per heavy atom. The number of sulfonamides is 1. The summed E-state index contributed by atoms with van der Waals surface area (Å²) in [7, 11) is -3.51. The fourth-order valence-electron chi connectivity index (χ4n) is 6.17. The Labute approximate surface area is 213 Å². The maximum atomic E-state index is 13.3. The van der Waals surface area contributed by atoms with E-state index in [-0.39, 0.29) is 17.6 Å². The van der Waals surface area contributed by atoms with E-state index in [0.717, 1.165) is 44.2 Å². The Hall–Kier alpha value is -2.55. The van der Waals surface area contributed by atoms with E-state index in [1.165, 1.54) is 17.5 Å². The normalized spacial score (nSPS) is 24.4. The third kappa shape index (κ3) is 4.86. The van der Waals surface area contributed by atoms with E-state index in [0.29, 0.717) is 36.7 Å².